The molecule has 7 heteroatoms. The highest BCUT2D eigenvalue weighted by Gasteiger charge is 2.18. The van der Waals surface area contributed by atoms with E-state index < -0.39 is 0 Å². The Labute approximate surface area is 151 Å². The number of nitrogens with zero attached hydrogens (tertiary/aromatic N) is 3. The average Bonchev–Trinajstić information content (AvgIpc) is 3.33. The topological polar surface area (TPSA) is 77.8 Å². The molecule has 0 saturated carbocycles. The van der Waals surface area contributed by atoms with Crippen molar-refractivity contribution in [3.05, 3.63) is 54.0 Å². The number of carbonyl (C=O) groups excluding carboxylic acids is 1. The molecule has 1 aliphatic heterocycles. The lowest BCUT2D eigenvalue weighted by Gasteiger charge is -2.15. The largest absolute Gasteiger partial charge is 0.489 e. The van der Waals surface area contributed by atoms with Crippen molar-refractivity contribution in [1.29, 1.82) is 0 Å². The van der Waals surface area contributed by atoms with Crippen molar-refractivity contribution in [2.45, 2.75) is 25.9 Å². The number of aromatic nitrogens is 3. The van der Waals surface area contributed by atoms with E-state index in [2.05, 4.69) is 15.4 Å². The third-order valence-electron chi connectivity index (χ3n) is 4.48. The minimum atomic E-state index is -0.249. The zero-order chi connectivity index (χ0) is 17.9. The van der Waals surface area contributed by atoms with E-state index in [1.54, 1.807) is 23.0 Å². The molecule has 1 N–H and O–H groups in total. The van der Waals surface area contributed by atoms with Crippen LogP contribution in [-0.2, 0) is 4.74 Å². The average molecular weight is 352 g/mol. The van der Waals surface area contributed by atoms with Gasteiger partial charge in [0.25, 0.3) is 5.91 Å². The van der Waals surface area contributed by atoms with Gasteiger partial charge < -0.3 is 14.8 Å². The monoisotopic (exact) mass is 352 g/mol. The van der Waals surface area contributed by atoms with Gasteiger partial charge in [-0.2, -0.15) is 5.10 Å². The number of hydrogen-bond acceptors (Lipinski definition) is 5. The van der Waals surface area contributed by atoms with Gasteiger partial charge >= 0.3 is 0 Å². The molecule has 1 unspecified atom stereocenters. The van der Waals surface area contributed by atoms with Gasteiger partial charge in [-0.25, -0.2) is 9.50 Å². The van der Waals surface area contributed by atoms with Crippen LogP contribution in [-0.4, -0.2) is 39.8 Å². The molecule has 3 heterocycles. The molecular formula is C19H20N4O3. The molecule has 0 radical (unpaired) electrons. The van der Waals surface area contributed by atoms with Crippen LogP contribution >= 0.6 is 0 Å². The Morgan fingerprint density at radius 2 is 2.27 bits per heavy atom. The number of fused-ring (bicyclic) bond motifs is 1. The number of amides is 1. The maximum absolute atomic E-state index is 12.7. The second-order valence-electron chi connectivity index (χ2n) is 6.25. The van der Waals surface area contributed by atoms with E-state index in [0.717, 1.165) is 25.1 Å². The van der Waals surface area contributed by atoms with Crippen LogP contribution in [0, 0.1) is 6.92 Å². The highest BCUT2D eigenvalue weighted by molar-refractivity contribution is 6.05. The third-order valence-corrected chi connectivity index (χ3v) is 4.48. The highest BCUT2D eigenvalue weighted by atomic mass is 16.5. The maximum Gasteiger partial charge on any atom is 0.259 e. The van der Waals surface area contributed by atoms with Crippen LogP contribution in [0.5, 0.6) is 5.75 Å². The van der Waals surface area contributed by atoms with E-state index in [1.807, 2.05) is 31.2 Å². The Balaban J connectivity index is 1.52. The molecular weight excluding hydrogens is 332 g/mol. The number of nitrogens with one attached hydrogen (secondary N) is 1. The van der Waals surface area contributed by atoms with E-state index in [9.17, 15) is 4.79 Å². The minimum Gasteiger partial charge on any atom is -0.489 e. The summed E-state index contributed by atoms with van der Waals surface area (Å²) in [5, 5.41) is 7.11. The van der Waals surface area contributed by atoms with E-state index in [4.69, 9.17) is 9.47 Å². The molecule has 1 aliphatic rings. The van der Waals surface area contributed by atoms with Crippen molar-refractivity contribution in [1.82, 2.24) is 14.6 Å². The van der Waals surface area contributed by atoms with Gasteiger partial charge in [-0.1, -0.05) is 12.1 Å². The summed E-state index contributed by atoms with van der Waals surface area (Å²) < 4.78 is 13.1. The molecule has 3 aromatic rings. The third kappa shape index (κ3) is 3.25. The Morgan fingerprint density at radius 1 is 1.38 bits per heavy atom. The molecule has 26 heavy (non-hydrogen) atoms. The maximum atomic E-state index is 12.7. The number of para-hydroxylation sites is 2. The van der Waals surface area contributed by atoms with Crippen LogP contribution in [0.1, 0.15) is 28.9 Å². The van der Waals surface area contributed by atoms with Gasteiger partial charge in [0.15, 0.2) is 5.65 Å². The van der Waals surface area contributed by atoms with Gasteiger partial charge in [0.1, 0.15) is 12.4 Å². The minimum absolute atomic E-state index is 0.118. The van der Waals surface area contributed by atoms with Gasteiger partial charge in [0, 0.05) is 18.9 Å². The number of benzene rings is 1. The summed E-state index contributed by atoms with van der Waals surface area (Å²) in [6.45, 7) is 3.11. The first-order valence-electron chi connectivity index (χ1n) is 8.66. The lowest BCUT2D eigenvalue weighted by Crippen LogP contribution is -2.19. The lowest BCUT2D eigenvalue weighted by molar-refractivity contribution is 0.0682. The van der Waals surface area contributed by atoms with Crippen molar-refractivity contribution in [2.75, 3.05) is 18.5 Å². The Hall–Kier alpha value is -2.93. The highest BCUT2D eigenvalue weighted by Crippen LogP contribution is 2.26. The van der Waals surface area contributed by atoms with Crippen LogP contribution in [0.15, 0.2) is 42.7 Å². The van der Waals surface area contributed by atoms with Gasteiger partial charge in [-0.15, -0.1) is 0 Å². The fraction of sp³-hybridized carbons (Fsp3) is 0.316. The van der Waals surface area contributed by atoms with Crippen molar-refractivity contribution < 1.29 is 14.3 Å². The van der Waals surface area contributed by atoms with Crippen LogP contribution in [0.4, 0.5) is 5.69 Å². The lowest BCUT2D eigenvalue weighted by atomic mass is 10.2. The molecule has 0 bridgehead atoms. The van der Waals surface area contributed by atoms with Crippen LogP contribution in [0.25, 0.3) is 5.65 Å². The number of hydrogen-bond donors (Lipinski definition) is 1. The van der Waals surface area contributed by atoms with E-state index in [-0.39, 0.29) is 12.0 Å². The predicted octanol–water partition coefficient (Wildman–Crippen LogP) is 2.85. The molecule has 4 rings (SSSR count). The summed E-state index contributed by atoms with van der Waals surface area (Å²) in [6.07, 6.45) is 5.41. The number of anilines is 1. The quantitative estimate of drug-likeness (QED) is 0.764. The van der Waals surface area contributed by atoms with E-state index in [1.165, 1.54) is 0 Å². The summed E-state index contributed by atoms with van der Waals surface area (Å²) in [5.41, 5.74) is 2.53. The molecule has 134 valence electrons. The number of ether oxygens (including phenoxy) is 2. The normalized spacial score (nSPS) is 16.7. The second kappa shape index (κ2) is 7.13. The first kappa shape index (κ1) is 16.5. The van der Waals surface area contributed by atoms with Crippen molar-refractivity contribution in [3.63, 3.8) is 0 Å². The SMILES string of the molecule is Cc1c(C(=O)Nc2ccccc2OCC2CCCO2)cnc2ccnn12. The molecule has 1 atom stereocenters. The fourth-order valence-corrected chi connectivity index (χ4v) is 3.06. The molecule has 1 aromatic carbocycles. The summed E-state index contributed by atoms with van der Waals surface area (Å²) >= 11 is 0. The Bertz CT molecular complexity index is 931. The van der Waals surface area contributed by atoms with Crippen molar-refractivity contribution in [2.24, 2.45) is 0 Å². The smallest absolute Gasteiger partial charge is 0.259 e. The second-order valence-corrected chi connectivity index (χ2v) is 6.25. The zero-order valence-corrected chi connectivity index (χ0v) is 14.5. The van der Waals surface area contributed by atoms with Gasteiger partial charge in [-0.05, 0) is 31.9 Å². The molecule has 1 amide bonds. The number of aryl methyl sites for hydroxylation is 1. The first-order valence-corrected chi connectivity index (χ1v) is 8.66. The fourth-order valence-electron chi connectivity index (χ4n) is 3.06. The molecule has 2 aromatic heterocycles. The first-order chi connectivity index (χ1) is 12.7. The predicted molar refractivity (Wildman–Crippen MR) is 96.6 cm³/mol. The van der Waals surface area contributed by atoms with Gasteiger partial charge in [0.05, 0.1) is 29.2 Å². The summed E-state index contributed by atoms with van der Waals surface area (Å²) in [4.78, 5) is 17.0. The molecule has 7 nitrogen and oxygen atoms in total. The molecule has 0 aliphatic carbocycles. The van der Waals surface area contributed by atoms with Crippen LogP contribution < -0.4 is 10.1 Å². The summed E-state index contributed by atoms with van der Waals surface area (Å²) in [7, 11) is 0. The van der Waals surface area contributed by atoms with Crippen molar-refractivity contribution >= 4 is 17.2 Å². The Morgan fingerprint density at radius 3 is 3.12 bits per heavy atom. The molecule has 1 saturated heterocycles. The van der Waals surface area contributed by atoms with Crippen LogP contribution in [0.3, 0.4) is 0 Å². The number of carbonyl (C=O) groups is 1. The molecule has 0 spiro atoms. The molecule has 1 fully saturated rings. The summed E-state index contributed by atoms with van der Waals surface area (Å²) in [6, 6.07) is 9.19. The summed E-state index contributed by atoms with van der Waals surface area (Å²) in [5.74, 6) is 0.377. The van der Waals surface area contributed by atoms with Gasteiger partial charge in [-0.3, -0.25) is 4.79 Å². The Kier molecular flexibility index (Phi) is 4.53. The zero-order valence-electron chi connectivity index (χ0n) is 14.5. The standard InChI is InChI=1S/C19H20N4O3/c1-13-15(11-20-18-8-9-21-23(13)18)19(24)22-16-6-2-3-7-17(16)26-12-14-5-4-10-25-14/h2-3,6-9,11,14H,4-5,10,12H2,1H3,(H,22,24). The van der Waals surface area contributed by atoms with E-state index in [0.29, 0.717) is 29.3 Å². The van der Waals surface area contributed by atoms with E-state index >= 15 is 0 Å². The number of rotatable bonds is 5. The van der Waals surface area contributed by atoms with Crippen molar-refractivity contribution in [3.8, 4) is 5.75 Å². The van der Waals surface area contributed by atoms with Gasteiger partial charge in [0.2, 0.25) is 0 Å². The van der Waals surface area contributed by atoms with Crippen LogP contribution in [0.2, 0.25) is 0 Å².